The molecule has 202 valence electrons. The maximum Gasteiger partial charge on any atom is 0.407 e. The highest BCUT2D eigenvalue weighted by Crippen LogP contribution is 2.37. The van der Waals surface area contributed by atoms with Crippen molar-refractivity contribution in [1.82, 2.24) is 16.0 Å². The smallest absolute Gasteiger partial charge is 0.407 e. The Hall–Kier alpha value is -1.41. The van der Waals surface area contributed by atoms with Gasteiger partial charge in [0.05, 0.1) is 6.10 Å². The largest absolute Gasteiger partial charge is 0.444 e. The average Bonchev–Trinajstić information content (AvgIpc) is 2.68. The first-order chi connectivity index (χ1) is 16.0. The molecule has 0 bridgehead atoms. The number of hydrogen-bond acceptors (Lipinski definition) is 5. The predicted octanol–water partition coefficient (Wildman–Crippen LogP) is 5.74. The third-order valence-electron chi connectivity index (χ3n) is 6.44. The molecule has 1 aromatic rings. The van der Waals surface area contributed by atoms with Crippen molar-refractivity contribution in [2.75, 3.05) is 19.6 Å². The van der Waals surface area contributed by atoms with Gasteiger partial charge in [-0.05, 0) is 70.3 Å². The van der Waals surface area contributed by atoms with Crippen molar-refractivity contribution in [3.63, 3.8) is 0 Å². The molecule has 3 atom stereocenters. The van der Waals surface area contributed by atoms with E-state index in [2.05, 4.69) is 82.7 Å². The van der Waals surface area contributed by atoms with Gasteiger partial charge in [-0.25, -0.2) is 4.79 Å². The summed E-state index contributed by atoms with van der Waals surface area (Å²) in [7, 11) is -1.92. The van der Waals surface area contributed by atoms with Crippen LogP contribution in [-0.2, 0) is 15.6 Å². The standard InChI is InChI=1S/C28H53N3O3Si/c1-21(2)18-29-20-25(22(3)34-35(10,11)28(7,8)9)30-19-24(17-23-15-13-12-14-16-23)31-26(32)33-27(4,5)6/h12-16,21-22,24-25,29-30H,17-20H2,1-11H3,(H,31,32)/t22-,24-,25+/m0/s1. The topological polar surface area (TPSA) is 71.6 Å². The van der Waals surface area contributed by atoms with Gasteiger partial charge in [-0.15, -0.1) is 0 Å². The Bertz CT molecular complexity index is 742. The van der Waals surface area contributed by atoms with Gasteiger partial charge in [0.25, 0.3) is 0 Å². The first kappa shape index (κ1) is 31.6. The molecular weight excluding hydrogens is 454 g/mol. The Balaban J connectivity index is 2.97. The minimum atomic E-state index is -1.92. The minimum absolute atomic E-state index is 0.0365. The van der Waals surface area contributed by atoms with Crippen LogP contribution in [-0.4, -0.2) is 57.8 Å². The zero-order valence-electron chi connectivity index (χ0n) is 24.2. The number of rotatable bonds is 13. The van der Waals surface area contributed by atoms with E-state index >= 15 is 0 Å². The molecule has 0 fully saturated rings. The Labute approximate surface area is 216 Å². The van der Waals surface area contributed by atoms with E-state index in [0.29, 0.717) is 12.5 Å². The molecule has 0 heterocycles. The monoisotopic (exact) mass is 507 g/mol. The number of benzene rings is 1. The maximum atomic E-state index is 12.6. The first-order valence-corrected chi connectivity index (χ1v) is 16.1. The molecule has 1 amide bonds. The Morgan fingerprint density at radius 1 is 0.943 bits per heavy atom. The molecule has 3 N–H and O–H groups in total. The van der Waals surface area contributed by atoms with Crippen LogP contribution in [0.3, 0.4) is 0 Å². The number of alkyl carbamates (subject to hydrolysis) is 1. The third kappa shape index (κ3) is 12.9. The van der Waals surface area contributed by atoms with Gasteiger partial charge in [-0.2, -0.15) is 0 Å². The van der Waals surface area contributed by atoms with Crippen molar-refractivity contribution < 1.29 is 14.0 Å². The van der Waals surface area contributed by atoms with Gasteiger partial charge in [0, 0.05) is 25.2 Å². The van der Waals surface area contributed by atoms with Crippen molar-refractivity contribution in [2.45, 2.75) is 111 Å². The Kier molecular flexibility index (Phi) is 12.4. The molecule has 0 aliphatic heterocycles. The summed E-state index contributed by atoms with van der Waals surface area (Å²) in [6.07, 6.45) is 0.367. The van der Waals surface area contributed by atoms with Crippen molar-refractivity contribution in [2.24, 2.45) is 5.92 Å². The van der Waals surface area contributed by atoms with E-state index in [1.54, 1.807) is 0 Å². The van der Waals surface area contributed by atoms with E-state index in [4.69, 9.17) is 9.16 Å². The molecule has 0 saturated heterocycles. The molecule has 1 rings (SSSR count). The molecule has 7 heteroatoms. The zero-order chi connectivity index (χ0) is 26.9. The van der Waals surface area contributed by atoms with Gasteiger partial charge in [-0.1, -0.05) is 65.0 Å². The molecule has 0 spiro atoms. The van der Waals surface area contributed by atoms with E-state index in [-0.39, 0.29) is 29.3 Å². The zero-order valence-corrected chi connectivity index (χ0v) is 25.2. The Morgan fingerprint density at radius 3 is 2.06 bits per heavy atom. The van der Waals surface area contributed by atoms with E-state index in [1.807, 2.05) is 39.0 Å². The SMILES string of the molecule is CC(C)CNC[C@@H](NC[C@H](Cc1ccccc1)NC(=O)OC(C)(C)C)[C@H](C)O[Si](C)(C)C(C)(C)C. The van der Waals surface area contributed by atoms with E-state index in [9.17, 15) is 4.79 Å². The number of carbonyl (C=O) groups is 1. The first-order valence-electron chi connectivity index (χ1n) is 13.2. The van der Waals surface area contributed by atoms with Crippen molar-refractivity contribution in [1.29, 1.82) is 0 Å². The van der Waals surface area contributed by atoms with Crippen LogP contribution in [0.15, 0.2) is 30.3 Å². The molecule has 0 aromatic heterocycles. The maximum absolute atomic E-state index is 12.6. The van der Waals surface area contributed by atoms with E-state index in [1.165, 1.54) is 5.56 Å². The summed E-state index contributed by atoms with van der Waals surface area (Å²) in [5.74, 6) is 0.576. The highest BCUT2D eigenvalue weighted by atomic mass is 28.4. The second-order valence-corrected chi connectivity index (χ2v) is 17.4. The van der Waals surface area contributed by atoms with E-state index < -0.39 is 13.9 Å². The van der Waals surface area contributed by atoms with Crippen LogP contribution in [0.2, 0.25) is 18.1 Å². The van der Waals surface area contributed by atoms with Crippen molar-refractivity contribution >= 4 is 14.4 Å². The van der Waals surface area contributed by atoms with Crippen LogP contribution in [0, 0.1) is 5.92 Å². The lowest BCUT2D eigenvalue weighted by molar-refractivity contribution is 0.0501. The predicted molar refractivity (Wildman–Crippen MR) is 151 cm³/mol. The van der Waals surface area contributed by atoms with Crippen LogP contribution in [0.4, 0.5) is 4.79 Å². The minimum Gasteiger partial charge on any atom is -0.444 e. The summed E-state index contributed by atoms with van der Waals surface area (Å²) < 4.78 is 12.3. The highest BCUT2D eigenvalue weighted by molar-refractivity contribution is 6.74. The molecule has 0 aliphatic carbocycles. The van der Waals surface area contributed by atoms with Crippen molar-refractivity contribution in [3.8, 4) is 0 Å². The average molecular weight is 508 g/mol. The highest BCUT2D eigenvalue weighted by Gasteiger charge is 2.39. The number of ether oxygens (including phenoxy) is 1. The van der Waals surface area contributed by atoms with Gasteiger partial charge < -0.3 is 25.1 Å². The number of nitrogens with one attached hydrogen (secondary N) is 3. The lowest BCUT2D eigenvalue weighted by Crippen LogP contribution is -2.55. The molecule has 0 saturated carbocycles. The van der Waals surface area contributed by atoms with Crippen LogP contribution in [0.25, 0.3) is 0 Å². The summed E-state index contributed by atoms with van der Waals surface area (Å²) in [4.78, 5) is 12.6. The van der Waals surface area contributed by atoms with Gasteiger partial charge in [-0.3, -0.25) is 0 Å². The number of carbonyl (C=O) groups excluding carboxylic acids is 1. The quantitative estimate of drug-likeness (QED) is 0.297. The fourth-order valence-corrected chi connectivity index (χ4v) is 4.94. The van der Waals surface area contributed by atoms with Crippen LogP contribution >= 0.6 is 0 Å². The summed E-state index contributed by atoms with van der Waals surface area (Å²) in [5, 5.41) is 10.5. The van der Waals surface area contributed by atoms with Crippen LogP contribution in [0.1, 0.15) is 67.9 Å². The summed E-state index contributed by atoms with van der Waals surface area (Å²) in [5.41, 5.74) is 0.638. The molecule has 1 aromatic carbocycles. The normalized spacial score (nSPS) is 15.5. The fourth-order valence-electron chi connectivity index (χ4n) is 3.50. The van der Waals surface area contributed by atoms with Crippen LogP contribution < -0.4 is 16.0 Å². The summed E-state index contributed by atoms with van der Waals surface area (Å²) >= 11 is 0. The second kappa shape index (κ2) is 13.8. The molecule has 6 nitrogen and oxygen atoms in total. The molecule has 0 unspecified atom stereocenters. The third-order valence-corrected chi connectivity index (χ3v) is 11.0. The van der Waals surface area contributed by atoms with Crippen LogP contribution in [0.5, 0.6) is 0 Å². The lowest BCUT2D eigenvalue weighted by Gasteiger charge is -2.41. The fraction of sp³-hybridized carbons (Fsp3) is 0.750. The van der Waals surface area contributed by atoms with Gasteiger partial charge >= 0.3 is 6.09 Å². The Morgan fingerprint density at radius 2 is 1.54 bits per heavy atom. The van der Waals surface area contributed by atoms with Gasteiger partial charge in [0.2, 0.25) is 0 Å². The number of amides is 1. The molecule has 35 heavy (non-hydrogen) atoms. The summed E-state index contributed by atoms with van der Waals surface area (Å²) in [6.45, 7) is 26.0. The lowest BCUT2D eigenvalue weighted by atomic mass is 10.0. The van der Waals surface area contributed by atoms with Gasteiger partial charge in [0.15, 0.2) is 8.32 Å². The molecular formula is C28H53N3O3Si. The van der Waals surface area contributed by atoms with Crippen molar-refractivity contribution in [3.05, 3.63) is 35.9 Å². The van der Waals surface area contributed by atoms with E-state index in [0.717, 1.165) is 19.5 Å². The number of hydrogen-bond donors (Lipinski definition) is 3. The second-order valence-electron chi connectivity index (χ2n) is 12.7. The summed E-state index contributed by atoms with van der Waals surface area (Å²) in [6, 6.07) is 10.3. The molecule has 0 radical (unpaired) electrons. The van der Waals surface area contributed by atoms with Gasteiger partial charge in [0.1, 0.15) is 5.60 Å². The molecule has 0 aliphatic rings.